The fourth-order valence-electron chi connectivity index (χ4n) is 4.48. The van der Waals surface area contributed by atoms with Crippen LogP contribution in [0.4, 0.5) is 13.2 Å². The summed E-state index contributed by atoms with van der Waals surface area (Å²) in [7, 11) is 0. The highest BCUT2D eigenvalue weighted by Gasteiger charge is 2.33. The normalized spacial score (nSPS) is 11.9. The highest BCUT2D eigenvalue weighted by atomic mass is 35.5. The van der Waals surface area contributed by atoms with Gasteiger partial charge in [0.2, 0.25) is 0 Å². The zero-order chi connectivity index (χ0) is 27.2. The van der Waals surface area contributed by atoms with Gasteiger partial charge >= 0.3 is 6.18 Å². The van der Waals surface area contributed by atoms with Crippen molar-refractivity contribution in [1.29, 1.82) is 0 Å². The van der Waals surface area contributed by atoms with Crippen LogP contribution in [0.5, 0.6) is 0 Å². The molecule has 5 aromatic rings. The molecular formula is C28H23ClF3N5O. The molecule has 0 aliphatic rings. The molecule has 3 heterocycles. The molecule has 5 rings (SSSR count). The molecule has 0 N–H and O–H groups in total. The maximum atomic E-state index is 14.3. The van der Waals surface area contributed by atoms with Gasteiger partial charge in [0.25, 0.3) is 5.56 Å². The number of alkyl halides is 3. The molecule has 10 heteroatoms. The third kappa shape index (κ3) is 4.58. The third-order valence-corrected chi connectivity index (χ3v) is 6.72. The van der Waals surface area contributed by atoms with Gasteiger partial charge in [-0.25, -0.2) is 14.2 Å². The number of hydrogen-bond donors (Lipinski definition) is 0. The molecule has 0 bridgehead atoms. The van der Waals surface area contributed by atoms with Gasteiger partial charge in [0.05, 0.1) is 12.1 Å². The van der Waals surface area contributed by atoms with Gasteiger partial charge in [-0.3, -0.25) is 4.79 Å². The quantitative estimate of drug-likeness (QED) is 0.256. The van der Waals surface area contributed by atoms with Crippen LogP contribution in [0.25, 0.3) is 27.9 Å². The van der Waals surface area contributed by atoms with E-state index in [4.69, 9.17) is 11.6 Å². The Morgan fingerprint density at radius 3 is 2.11 bits per heavy atom. The smallest absolute Gasteiger partial charge is 0.267 e. The highest BCUT2D eigenvalue weighted by molar-refractivity contribution is 6.30. The topological polar surface area (TPSA) is 65.1 Å². The predicted octanol–water partition coefficient (Wildman–Crippen LogP) is 6.52. The van der Waals surface area contributed by atoms with E-state index in [1.807, 2.05) is 50.2 Å². The van der Waals surface area contributed by atoms with E-state index in [0.29, 0.717) is 45.2 Å². The molecule has 2 aromatic carbocycles. The van der Waals surface area contributed by atoms with Crippen LogP contribution < -0.4 is 5.56 Å². The molecule has 0 unspecified atom stereocenters. The average Bonchev–Trinajstić information content (AvgIpc) is 3.31. The van der Waals surface area contributed by atoms with Crippen molar-refractivity contribution in [2.45, 2.75) is 39.9 Å². The van der Waals surface area contributed by atoms with E-state index < -0.39 is 11.9 Å². The second-order valence-electron chi connectivity index (χ2n) is 9.03. The molecule has 6 nitrogen and oxygen atoms in total. The van der Waals surface area contributed by atoms with E-state index >= 15 is 0 Å². The molecule has 0 radical (unpaired) electrons. The van der Waals surface area contributed by atoms with Gasteiger partial charge in [-0.15, -0.1) is 10.2 Å². The van der Waals surface area contributed by atoms with Crippen LogP contribution in [-0.2, 0) is 19.1 Å². The lowest BCUT2D eigenvalue weighted by Gasteiger charge is -2.18. The van der Waals surface area contributed by atoms with E-state index in [1.165, 1.54) is 17.7 Å². The van der Waals surface area contributed by atoms with Crippen molar-refractivity contribution in [2.24, 2.45) is 0 Å². The van der Waals surface area contributed by atoms with Gasteiger partial charge < -0.3 is 0 Å². The minimum absolute atomic E-state index is 0.0168. The Morgan fingerprint density at radius 1 is 0.868 bits per heavy atom. The van der Waals surface area contributed by atoms with E-state index in [0.717, 1.165) is 17.2 Å². The highest BCUT2D eigenvalue weighted by Crippen LogP contribution is 2.34. The fraction of sp³-hybridized carbons (Fsp3) is 0.214. The molecule has 0 amide bonds. The van der Waals surface area contributed by atoms with E-state index in [1.54, 1.807) is 16.6 Å². The number of aryl methyl sites for hydroxylation is 3. The summed E-state index contributed by atoms with van der Waals surface area (Å²) in [5, 5.41) is 9.35. The zero-order valence-electron chi connectivity index (χ0n) is 20.8. The lowest BCUT2D eigenvalue weighted by atomic mass is 9.96. The molecular weight excluding hydrogens is 515 g/mol. The minimum atomic E-state index is -4.56. The lowest BCUT2D eigenvalue weighted by Crippen LogP contribution is -2.30. The number of halogens is 4. The monoisotopic (exact) mass is 537 g/mol. The minimum Gasteiger partial charge on any atom is -0.267 e. The van der Waals surface area contributed by atoms with Crippen LogP contribution >= 0.6 is 11.6 Å². The van der Waals surface area contributed by atoms with Gasteiger partial charge in [0.15, 0.2) is 11.5 Å². The number of benzene rings is 2. The van der Waals surface area contributed by atoms with E-state index in [2.05, 4.69) is 15.2 Å². The number of aromatic nitrogens is 5. The summed E-state index contributed by atoms with van der Waals surface area (Å²) in [6.45, 7) is 5.34. The molecule has 194 valence electrons. The predicted molar refractivity (Wildman–Crippen MR) is 140 cm³/mol. The summed E-state index contributed by atoms with van der Waals surface area (Å²) in [6, 6.07) is 17.0. The van der Waals surface area contributed by atoms with Crippen LogP contribution in [0.15, 0.2) is 65.5 Å². The lowest BCUT2D eigenvalue weighted by molar-refractivity contribution is -0.141. The number of hydrogen-bond acceptors (Lipinski definition) is 4. The van der Waals surface area contributed by atoms with Crippen molar-refractivity contribution in [2.75, 3.05) is 0 Å². The van der Waals surface area contributed by atoms with Crippen LogP contribution in [0.1, 0.15) is 35.3 Å². The van der Waals surface area contributed by atoms with Gasteiger partial charge in [-0.2, -0.15) is 13.2 Å². The molecule has 38 heavy (non-hydrogen) atoms. The van der Waals surface area contributed by atoms with Crippen LogP contribution in [0.3, 0.4) is 0 Å². The Kier molecular flexibility index (Phi) is 6.56. The molecule has 0 spiro atoms. The molecule has 0 aliphatic heterocycles. The van der Waals surface area contributed by atoms with Crippen LogP contribution in [-0.4, -0.2) is 24.4 Å². The van der Waals surface area contributed by atoms with Gasteiger partial charge in [-0.1, -0.05) is 66.6 Å². The summed E-state index contributed by atoms with van der Waals surface area (Å²) in [4.78, 5) is 18.0. The Hall–Kier alpha value is -3.98. The second kappa shape index (κ2) is 9.72. The van der Waals surface area contributed by atoms with Crippen LogP contribution in [0, 0.1) is 13.8 Å². The van der Waals surface area contributed by atoms with Gasteiger partial charge in [0.1, 0.15) is 5.69 Å². The number of fused-ring (bicyclic) bond motifs is 1. The molecule has 0 saturated heterocycles. The van der Waals surface area contributed by atoms with Crippen molar-refractivity contribution >= 4 is 17.2 Å². The Bertz CT molecular complexity index is 1710. The van der Waals surface area contributed by atoms with E-state index in [9.17, 15) is 18.0 Å². The standard InChI is InChI=1S/C28H23ClF3N5O/c1-4-23-34-35-26-24(18-9-12-21(29)13-10-18)25(19-7-5-16(2)6-8-19)27(38)36(37(23)26)15-20-11-14-22(28(30,31)32)33-17(20)3/h5-14H,4,15H2,1-3H3. The molecule has 3 aromatic heterocycles. The first-order valence-electron chi connectivity index (χ1n) is 12.0. The fourth-order valence-corrected chi connectivity index (χ4v) is 4.60. The summed E-state index contributed by atoms with van der Waals surface area (Å²) in [5.41, 5.74) is 3.27. The Balaban J connectivity index is 1.83. The van der Waals surface area contributed by atoms with Crippen molar-refractivity contribution in [3.63, 3.8) is 0 Å². The molecule has 0 saturated carbocycles. The van der Waals surface area contributed by atoms with Crippen molar-refractivity contribution < 1.29 is 13.2 Å². The number of pyridine rings is 1. The first-order valence-corrected chi connectivity index (χ1v) is 12.3. The first kappa shape index (κ1) is 25.7. The number of nitrogens with zero attached hydrogens (tertiary/aromatic N) is 5. The van der Waals surface area contributed by atoms with Crippen LogP contribution in [0.2, 0.25) is 5.02 Å². The molecule has 0 atom stereocenters. The summed E-state index contributed by atoms with van der Waals surface area (Å²) in [6.07, 6.45) is -4.08. The SMILES string of the molecule is CCc1nnc2c(-c3ccc(Cl)cc3)c(-c3ccc(C)cc3)c(=O)n(Cc3ccc(C(F)(F)F)nc3C)n12. The summed E-state index contributed by atoms with van der Waals surface area (Å²) in [5.74, 6) is 0.542. The number of rotatable bonds is 5. The van der Waals surface area contributed by atoms with Crippen molar-refractivity contribution in [1.82, 2.24) is 24.4 Å². The van der Waals surface area contributed by atoms with E-state index in [-0.39, 0.29) is 17.8 Å². The first-order chi connectivity index (χ1) is 18.1. The summed E-state index contributed by atoms with van der Waals surface area (Å²) >= 11 is 6.14. The van der Waals surface area contributed by atoms with Crippen molar-refractivity contribution in [3.05, 3.63) is 104 Å². The van der Waals surface area contributed by atoms with Gasteiger partial charge in [0, 0.05) is 22.7 Å². The maximum absolute atomic E-state index is 14.3. The Morgan fingerprint density at radius 2 is 1.50 bits per heavy atom. The zero-order valence-corrected chi connectivity index (χ0v) is 21.6. The molecule has 0 aliphatic carbocycles. The van der Waals surface area contributed by atoms with Crippen molar-refractivity contribution in [3.8, 4) is 22.3 Å². The maximum Gasteiger partial charge on any atom is 0.433 e. The third-order valence-electron chi connectivity index (χ3n) is 6.46. The average molecular weight is 538 g/mol. The second-order valence-corrected chi connectivity index (χ2v) is 9.47. The largest absolute Gasteiger partial charge is 0.433 e. The van der Waals surface area contributed by atoms with Gasteiger partial charge in [-0.05, 0) is 48.7 Å². The Labute approximate surface area is 221 Å². The summed E-state index contributed by atoms with van der Waals surface area (Å²) < 4.78 is 42.8. The molecule has 0 fully saturated rings.